The molecule has 122 valence electrons. The Labute approximate surface area is 133 Å². The van der Waals surface area contributed by atoms with Crippen molar-refractivity contribution in [2.24, 2.45) is 5.16 Å². The molecule has 1 aromatic rings. The first-order chi connectivity index (χ1) is 10.7. The number of oxime groups is 1. The fourth-order valence-electron chi connectivity index (χ4n) is 2.67. The molecule has 0 heterocycles. The molecule has 2 rings (SSSR count). The Hall–Kier alpha value is -1.36. The SMILES string of the molecule is O=S(=O)(ON=C1CCCCCCCCCC1)c1ccccc1. The van der Waals surface area contributed by atoms with E-state index in [9.17, 15) is 8.42 Å². The van der Waals surface area contributed by atoms with E-state index in [1.165, 1.54) is 50.7 Å². The van der Waals surface area contributed by atoms with Gasteiger partial charge in [0.15, 0.2) is 0 Å². The number of hydrogen-bond acceptors (Lipinski definition) is 4. The molecule has 0 aliphatic heterocycles. The fraction of sp³-hybridized carbons (Fsp3) is 0.588. The predicted octanol–water partition coefficient (Wildman–Crippen LogP) is 4.66. The molecule has 1 aromatic carbocycles. The average Bonchev–Trinajstić information content (AvgIpc) is 2.59. The van der Waals surface area contributed by atoms with E-state index in [1.54, 1.807) is 18.2 Å². The van der Waals surface area contributed by atoms with E-state index in [1.807, 2.05) is 0 Å². The summed E-state index contributed by atoms with van der Waals surface area (Å²) in [6.07, 6.45) is 11.3. The van der Waals surface area contributed by atoms with Gasteiger partial charge in [0.2, 0.25) is 0 Å². The molecule has 0 spiro atoms. The van der Waals surface area contributed by atoms with Gasteiger partial charge in [0.25, 0.3) is 0 Å². The van der Waals surface area contributed by atoms with Crippen LogP contribution in [0.4, 0.5) is 0 Å². The summed E-state index contributed by atoms with van der Waals surface area (Å²) < 4.78 is 29.1. The number of rotatable bonds is 3. The third-order valence-corrected chi connectivity index (χ3v) is 5.10. The Morgan fingerprint density at radius 1 is 0.773 bits per heavy atom. The normalized spacial score (nSPS) is 18.3. The van der Waals surface area contributed by atoms with Crippen LogP contribution in [-0.4, -0.2) is 14.1 Å². The van der Waals surface area contributed by atoms with Crippen molar-refractivity contribution in [1.82, 2.24) is 0 Å². The van der Waals surface area contributed by atoms with Crippen molar-refractivity contribution in [3.05, 3.63) is 30.3 Å². The van der Waals surface area contributed by atoms with E-state index in [-0.39, 0.29) is 4.90 Å². The van der Waals surface area contributed by atoms with Gasteiger partial charge in [0, 0.05) is 0 Å². The molecule has 0 unspecified atom stereocenters. The highest BCUT2D eigenvalue weighted by Gasteiger charge is 2.15. The molecule has 0 radical (unpaired) electrons. The molecule has 0 saturated heterocycles. The lowest BCUT2D eigenvalue weighted by molar-refractivity contribution is 0.336. The van der Waals surface area contributed by atoms with Crippen LogP contribution >= 0.6 is 0 Å². The predicted molar refractivity (Wildman–Crippen MR) is 88.3 cm³/mol. The number of nitrogens with zero attached hydrogens (tertiary/aromatic N) is 1. The molecule has 1 fully saturated rings. The average molecular weight is 323 g/mol. The van der Waals surface area contributed by atoms with Gasteiger partial charge in [-0.05, 0) is 37.8 Å². The van der Waals surface area contributed by atoms with Gasteiger partial charge in [-0.1, -0.05) is 61.9 Å². The highest BCUT2D eigenvalue weighted by atomic mass is 32.2. The maximum absolute atomic E-state index is 12.1. The van der Waals surface area contributed by atoms with Crippen LogP contribution in [0, 0.1) is 0 Å². The van der Waals surface area contributed by atoms with Gasteiger partial charge in [0.1, 0.15) is 4.90 Å². The van der Waals surface area contributed by atoms with E-state index in [0.717, 1.165) is 31.4 Å². The van der Waals surface area contributed by atoms with Crippen molar-refractivity contribution in [2.45, 2.75) is 69.1 Å². The van der Waals surface area contributed by atoms with Crippen molar-refractivity contribution < 1.29 is 12.7 Å². The molecule has 1 aliphatic rings. The zero-order valence-electron chi connectivity index (χ0n) is 13.0. The zero-order chi connectivity index (χ0) is 15.7. The van der Waals surface area contributed by atoms with E-state index in [2.05, 4.69) is 5.16 Å². The molecule has 0 atom stereocenters. The third kappa shape index (κ3) is 5.79. The van der Waals surface area contributed by atoms with Gasteiger partial charge < -0.3 is 0 Å². The lowest BCUT2D eigenvalue weighted by Gasteiger charge is -2.06. The summed E-state index contributed by atoms with van der Waals surface area (Å²) in [6.45, 7) is 0. The van der Waals surface area contributed by atoms with Gasteiger partial charge in [-0.2, -0.15) is 8.42 Å². The Morgan fingerprint density at radius 2 is 1.27 bits per heavy atom. The van der Waals surface area contributed by atoms with Crippen LogP contribution in [0.5, 0.6) is 0 Å². The van der Waals surface area contributed by atoms with E-state index >= 15 is 0 Å². The summed E-state index contributed by atoms with van der Waals surface area (Å²) in [5.74, 6) is 0. The summed E-state index contributed by atoms with van der Waals surface area (Å²) in [5, 5.41) is 3.96. The zero-order valence-corrected chi connectivity index (χ0v) is 13.9. The smallest absolute Gasteiger partial charge is 0.265 e. The lowest BCUT2D eigenvalue weighted by Crippen LogP contribution is -2.06. The van der Waals surface area contributed by atoms with Gasteiger partial charge >= 0.3 is 10.1 Å². The van der Waals surface area contributed by atoms with E-state index in [0.29, 0.717) is 0 Å². The van der Waals surface area contributed by atoms with Crippen LogP contribution in [0.1, 0.15) is 64.2 Å². The molecular formula is C17H25NO3S. The highest BCUT2D eigenvalue weighted by molar-refractivity contribution is 7.86. The van der Waals surface area contributed by atoms with Crippen molar-refractivity contribution in [3.8, 4) is 0 Å². The van der Waals surface area contributed by atoms with Crippen LogP contribution in [0.3, 0.4) is 0 Å². The first-order valence-corrected chi connectivity index (χ1v) is 9.64. The fourth-order valence-corrected chi connectivity index (χ4v) is 3.45. The monoisotopic (exact) mass is 323 g/mol. The second-order valence-electron chi connectivity index (χ2n) is 5.83. The Bertz CT molecular complexity index is 553. The molecule has 1 aliphatic carbocycles. The van der Waals surface area contributed by atoms with Crippen LogP contribution in [0.15, 0.2) is 40.4 Å². The summed E-state index contributed by atoms with van der Waals surface area (Å²) in [6, 6.07) is 8.17. The van der Waals surface area contributed by atoms with Crippen molar-refractivity contribution in [3.63, 3.8) is 0 Å². The highest BCUT2D eigenvalue weighted by Crippen LogP contribution is 2.17. The molecule has 0 N–H and O–H groups in total. The van der Waals surface area contributed by atoms with Crippen molar-refractivity contribution >= 4 is 15.8 Å². The van der Waals surface area contributed by atoms with Crippen LogP contribution in [0.2, 0.25) is 0 Å². The number of hydrogen-bond donors (Lipinski definition) is 0. The van der Waals surface area contributed by atoms with Gasteiger partial charge in [-0.3, -0.25) is 4.28 Å². The molecule has 0 aromatic heterocycles. The molecule has 0 amide bonds. The minimum Gasteiger partial charge on any atom is -0.265 e. The van der Waals surface area contributed by atoms with E-state index < -0.39 is 10.1 Å². The molecule has 22 heavy (non-hydrogen) atoms. The minimum atomic E-state index is -3.79. The first kappa shape index (κ1) is 17.0. The molecule has 1 saturated carbocycles. The topological polar surface area (TPSA) is 55.7 Å². The van der Waals surface area contributed by atoms with Gasteiger partial charge in [-0.25, -0.2) is 0 Å². The second-order valence-corrected chi connectivity index (χ2v) is 7.36. The van der Waals surface area contributed by atoms with Crippen LogP contribution in [-0.2, 0) is 14.4 Å². The number of benzene rings is 1. The maximum atomic E-state index is 12.1. The van der Waals surface area contributed by atoms with Crippen molar-refractivity contribution in [2.75, 3.05) is 0 Å². The molecular weight excluding hydrogens is 298 g/mol. The van der Waals surface area contributed by atoms with Gasteiger partial charge in [0.05, 0.1) is 5.71 Å². The molecule has 5 heteroatoms. The summed E-state index contributed by atoms with van der Waals surface area (Å²) in [4.78, 5) is 0.149. The Kier molecular flexibility index (Phi) is 6.90. The van der Waals surface area contributed by atoms with Crippen molar-refractivity contribution in [1.29, 1.82) is 0 Å². The quantitative estimate of drug-likeness (QED) is 0.760. The molecule has 4 nitrogen and oxygen atoms in total. The molecule has 0 bridgehead atoms. The lowest BCUT2D eigenvalue weighted by atomic mass is 10.1. The summed E-state index contributed by atoms with van der Waals surface area (Å²) in [7, 11) is -3.79. The maximum Gasteiger partial charge on any atom is 0.358 e. The van der Waals surface area contributed by atoms with Crippen LogP contribution < -0.4 is 0 Å². The Morgan fingerprint density at radius 3 is 1.82 bits per heavy atom. The van der Waals surface area contributed by atoms with Gasteiger partial charge in [-0.15, -0.1) is 0 Å². The summed E-state index contributed by atoms with van der Waals surface area (Å²) in [5.41, 5.74) is 0.876. The Balaban J connectivity index is 1.99. The second kappa shape index (κ2) is 8.93. The van der Waals surface area contributed by atoms with Crippen LogP contribution in [0.25, 0.3) is 0 Å². The van der Waals surface area contributed by atoms with E-state index in [4.69, 9.17) is 4.28 Å². The minimum absolute atomic E-state index is 0.149. The standard InChI is InChI=1S/C17H25NO3S/c19-22(20,17-14-10-7-11-15-17)21-18-16-12-8-5-3-1-2-4-6-9-13-16/h7,10-11,14-15H,1-6,8-9,12-13H2. The first-order valence-electron chi connectivity index (χ1n) is 8.23. The largest absolute Gasteiger partial charge is 0.358 e. The third-order valence-electron chi connectivity index (χ3n) is 3.98. The summed E-state index contributed by atoms with van der Waals surface area (Å²) >= 11 is 0.